The van der Waals surface area contributed by atoms with Crippen molar-refractivity contribution in [2.75, 3.05) is 72.0 Å². The molecule has 426 valence electrons. The monoisotopic (exact) mass is 1020 g/mol. The van der Waals surface area contributed by atoms with Crippen LogP contribution in [0.5, 0.6) is 0 Å². The van der Waals surface area contributed by atoms with Crippen molar-refractivity contribution in [3.05, 3.63) is 0 Å². The van der Waals surface area contributed by atoms with E-state index in [-0.39, 0.29) is 41.8 Å². The third kappa shape index (κ3) is 49.9. The third-order valence-corrected chi connectivity index (χ3v) is 14.3. The lowest BCUT2D eigenvalue weighted by Gasteiger charge is -2.28. The van der Waals surface area contributed by atoms with Gasteiger partial charge in [-0.15, -0.1) is 0 Å². The summed E-state index contributed by atoms with van der Waals surface area (Å²) in [5.41, 5.74) is 0. The topological polar surface area (TPSA) is 147 Å². The Hall–Kier alpha value is -2.28. The van der Waals surface area contributed by atoms with Crippen molar-refractivity contribution >= 4 is 23.6 Å². The number of unbranched alkanes of at least 4 members (excludes halogenated alkanes) is 24. The van der Waals surface area contributed by atoms with Crippen LogP contribution < -0.4 is 31.9 Å². The van der Waals surface area contributed by atoms with E-state index in [0.29, 0.717) is 58.4 Å². The van der Waals surface area contributed by atoms with Crippen molar-refractivity contribution in [1.29, 1.82) is 0 Å². The third-order valence-electron chi connectivity index (χ3n) is 14.3. The second-order valence-electron chi connectivity index (χ2n) is 21.8. The lowest BCUT2D eigenvalue weighted by atomic mass is 10.0. The lowest BCUT2D eigenvalue weighted by molar-refractivity contribution is -0.122. The van der Waals surface area contributed by atoms with Gasteiger partial charge in [0.25, 0.3) is 0 Å². The first kappa shape index (κ1) is 69.7. The van der Waals surface area contributed by atoms with E-state index < -0.39 is 0 Å². The summed E-state index contributed by atoms with van der Waals surface area (Å²) in [6.07, 6.45) is 40.9. The smallest absolute Gasteiger partial charge is 0.221 e. The van der Waals surface area contributed by atoms with Gasteiger partial charge >= 0.3 is 0 Å². The number of amides is 4. The lowest BCUT2D eigenvalue weighted by Crippen LogP contribution is -2.43. The van der Waals surface area contributed by atoms with E-state index in [2.05, 4.69) is 90.2 Å². The fourth-order valence-electron chi connectivity index (χ4n) is 9.50. The second-order valence-corrected chi connectivity index (χ2v) is 21.8. The van der Waals surface area contributed by atoms with Crippen LogP contribution in [0, 0.1) is 0 Å². The molecule has 3 unspecified atom stereocenters. The number of carbonyl (C=O) groups is 4. The van der Waals surface area contributed by atoms with Crippen LogP contribution in [0.25, 0.3) is 0 Å². The van der Waals surface area contributed by atoms with Gasteiger partial charge in [0.1, 0.15) is 0 Å². The molecule has 0 bridgehead atoms. The van der Waals surface area contributed by atoms with E-state index in [4.69, 9.17) is 0 Å². The largest absolute Gasteiger partial charge is 0.356 e. The minimum Gasteiger partial charge on any atom is -0.356 e. The van der Waals surface area contributed by atoms with Crippen molar-refractivity contribution in [2.24, 2.45) is 0 Å². The Labute approximate surface area is 446 Å². The summed E-state index contributed by atoms with van der Waals surface area (Å²) in [6, 6.07) is 0.553. The molecule has 4 amide bonds. The van der Waals surface area contributed by atoms with Gasteiger partial charge in [-0.05, 0) is 46.5 Å². The maximum Gasteiger partial charge on any atom is 0.221 e. The molecule has 0 heterocycles. The number of rotatable bonds is 56. The molecule has 0 saturated carbocycles. The van der Waals surface area contributed by atoms with Gasteiger partial charge in [0.2, 0.25) is 23.6 Å². The Bertz CT molecular complexity index is 1230. The molecule has 0 fully saturated rings. The average Bonchev–Trinajstić information content (AvgIpc) is 3.35. The highest BCUT2D eigenvalue weighted by Crippen LogP contribution is 2.14. The Morgan fingerprint density at radius 1 is 0.306 bits per heavy atom. The molecule has 0 spiro atoms. The number of hydrogen-bond acceptors (Lipinski definition) is 8. The summed E-state index contributed by atoms with van der Waals surface area (Å²) in [6.45, 7) is 22.9. The number of hydrogen-bond donors (Lipinski definition) is 6. The molecule has 0 aromatic carbocycles. The summed E-state index contributed by atoms with van der Waals surface area (Å²) in [7, 11) is 0. The highest BCUT2D eigenvalue weighted by Gasteiger charge is 2.15. The molecular formula is C60H122N8O4. The second kappa shape index (κ2) is 53.5. The molecule has 0 saturated heterocycles. The Balaban J connectivity index is 5.12. The molecule has 0 rings (SSSR count). The summed E-state index contributed by atoms with van der Waals surface area (Å²) < 4.78 is 0. The fourth-order valence-corrected chi connectivity index (χ4v) is 9.50. The zero-order chi connectivity index (χ0) is 53.0. The zero-order valence-electron chi connectivity index (χ0n) is 48.8. The van der Waals surface area contributed by atoms with Crippen LogP contribution in [-0.2, 0) is 19.2 Å². The predicted octanol–water partition coefficient (Wildman–Crippen LogP) is 12.1. The molecule has 6 N–H and O–H groups in total. The first-order valence-electron chi connectivity index (χ1n) is 31.0. The molecule has 3 atom stereocenters. The summed E-state index contributed by atoms with van der Waals surface area (Å²) >= 11 is 0. The molecule has 0 aromatic rings. The van der Waals surface area contributed by atoms with Crippen molar-refractivity contribution in [1.82, 2.24) is 41.7 Å². The molecule has 12 nitrogen and oxygen atoms in total. The normalized spacial score (nSPS) is 12.8. The van der Waals surface area contributed by atoms with Gasteiger partial charge < -0.3 is 41.7 Å². The standard InChI is InChI=1S/C60H122N8O4/c1-8-12-15-18-21-24-27-30-33-36-54(5)64-58(70)39-44-61-46-50-67(48-41-57(69)63-43-11-4)52-53-68(49-42-60(72)66-56(7)38-35-32-29-26-23-20-17-14-10-3)51-47-62-45-40-59(71)65-55(6)37-34-31-28-25-22-19-16-13-9-2/h54-56,61-62H,8-53H2,1-7H3,(H,63,69)(H,64,70)(H,65,71)(H,66,72). The van der Waals surface area contributed by atoms with Gasteiger partial charge in [0, 0.05) is 116 Å². The van der Waals surface area contributed by atoms with Gasteiger partial charge in [0.15, 0.2) is 0 Å². The van der Waals surface area contributed by atoms with Crippen molar-refractivity contribution < 1.29 is 19.2 Å². The Morgan fingerprint density at radius 3 is 0.917 bits per heavy atom. The Kier molecular flexibility index (Phi) is 51.8. The van der Waals surface area contributed by atoms with E-state index in [9.17, 15) is 19.2 Å². The highest BCUT2D eigenvalue weighted by atomic mass is 16.2. The predicted molar refractivity (Wildman–Crippen MR) is 309 cm³/mol. The first-order chi connectivity index (χ1) is 35.0. The Morgan fingerprint density at radius 2 is 0.597 bits per heavy atom. The zero-order valence-corrected chi connectivity index (χ0v) is 48.8. The number of nitrogens with one attached hydrogen (secondary N) is 6. The molecule has 0 aromatic heterocycles. The SMILES string of the molecule is CCCCCCCCCCCC(C)NC(=O)CCNCCN(CCC(=O)NCCC)CCN(CCNCCC(=O)NC(C)CCCCCCCCCCC)CCC(=O)NC(C)CCCCCCCCCCC. The van der Waals surface area contributed by atoms with Gasteiger partial charge in [0.05, 0.1) is 0 Å². The molecule has 0 aliphatic carbocycles. The van der Waals surface area contributed by atoms with E-state index in [1.54, 1.807) is 0 Å². The minimum absolute atomic E-state index is 0.0687. The van der Waals surface area contributed by atoms with Crippen LogP contribution >= 0.6 is 0 Å². The van der Waals surface area contributed by atoms with Crippen molar-refractivity contribution in [2.45, 2.75) is 291 Å². The van der Waals surface area contributed by atoms with E-state index in [1.165, 1.54) is 167 Å². The fraction of sp³-hybridized carbons (Fsp3) is 0.933. The maximum absolute atomic E-state index is 13.3. The summed E-state index contributed by atoms with van der Waals surface area (Å²) in [5.74, 6) is 0.364. The van der Waals surface area contributed by atoms with Crippen LogP contribution in [-0.4, -0.2) is 124 Å². The maximum atomic E-state index is 13.3. The molecular weight excluding hydrogens is 897 g/mol. The van der Waals surface area contributed by atoms with Crippen LogP contribution in [0.2, 0.25) is 0 Å². The summed E-state index contributed by atoms with van der Waals surface area (Å²) in [4.78, 5) is 56.2. The van der Waals surface area contributed by atoms with Gasteiger partial charge in [-0.2, -0.15) is 0 Å². The van der Waals surface area contributed by atoms with Crippen molar-refractivity contribution in [3.63, 3.8) is 0 Å². The average molecular weight is 1020 g/mol. The van der Waals surface area contributed by atoms with Crippen LogP contribution in [0.1, 0.15) is 273 Å². The molecule has 0 aliphatic heterocycles. The van der Waals surface area contributed by atoms with Crippen LogP contribution in [0.15, 0.2) is 0 Å². The van der Waals surface area contributed by atoms with E-state index in [0.717, 1.165) is 71.4 Å². The first-order valence-corrected chi connectivity index (χ1v) is 31.0. The number of nitrogens with zero attached hydrogens (tertiary/aromatic N) is 2. The number of carbonyl (C=O) groups excluding carboxylic acids is 4. The van der Waals surface area contributed by atoms with Crippen LogP contribution in [0.3, 0.4) is 0 Å². The van der Waals surface area contributed by atoms with Crippen molar-refractivity contribution in [3.8, 4) is 0 Å². The quantitative estimate of drug-likeness (QED) is 0.0330. The summed E-state index contributed by atoms with van der Waals surface area (Å²) in [5, 5.41) is 19.7. The molecule has 0 aliphatic rings. The van der Waals surface area contributed by atoms with Crippen LogP contribution in [0.4, 0.5) is 0 Å². The molecule has 0 radical (unpaired) electrons. The van der Waals surface area contributed by atoms with Gasteiger partial charge in [-0.25, -0.2) is 0 Å². The van der Waals surface area contributed by atoms with Gasteiger partial charge in [-0.1, -0.05) is 201 Å². The van der Waals surface area contributed by atoms with E-state index in [1.807, 2.05) is 0 Å². The molecule has 72 heavy (non-hydrogen) atoms. The minimum atomic E-state index is 0.0687. The molecule has 12 heteroatoms. The van der Waals surface area contributed by atoms with Gasteiger partial charge in [-0.3, -0.25) is 19.2 Å². The van der Waals surface area contributed by atoms with E-state index >= 15 is 0 Å². The highest BCUT2D eigenvalue weighted by molar-refractivity contribution is 5.77.